The molecular formula is C21H23N5O2S. The molecule has 1 heterocycles. The second-order valence-corrected chi connectivity index (χ2v) is 7.34. The molecule has 0 saturated heterocycles. The number of H-pyrrole nitrogens is 1. The highest BCUT2D eigenvalue weighted by molar-refractivity contribution is 7.71. The highest BCUT2D eigenvalue weighted by Gasteiger charge is 2.12. The first kappa shape index (κ1) is 20.5. The van der Waals surface area contributed by atoms with E-state index in [0.29, 0.717) is 28.4 Å². The molecule has 0 spiro atoms. The first-order valence-corrected chi connectivity index (χ1v) is 9.60. The van der Waals surface area contributed by atoms with Crippen molar-refractivity contribution in [3.05, 3.63) is 64.4 Å². The highest BCUT2D eigenvalue weighted by atomic mass is 32.1. The lowest BCUT2D eigenvalue weighted by molar-refractivity contribution is -0.116. The number of hydrogen-bond acceptors (Lipinski definition) is 4. The maximum absolute atomic E-state index is 12.5. The van der Waals surface area contributed by atoms with Gasteiger partial charge >= 0.3 is 0 Å². The van der Waals surface area contributed by atoms with Crippen molar-refractivity contribution in [1.29, 1.82) is 0 Å². The van der Waals surface area contributed by atoms with Crippen molar-refractivity contribution in [2.45, 2.75) is 19.9 Å². The standard InChI is InChI=1S/C21H23N5O2S/c1-14-6-4-7-15(12-14)19-23-24-21(29)26(19)11-10-18(27)22-17-9-5-8-16(13-17)20(28)25(2)3/h4-9,12-13H,10-11H2,1-3H3,(H,22,27)(H,24,29). The van der Waals surface area contributed by atoms with Gasteiger partial charge in [0.05, 0.1) is 0 Å². The molecule has 0 aliphatic rings. The Morgan fingerprint density at radius 1 is 1.17 bits per heavy atom. The average molecular weight is 410 g/mol. The largest absolute Gasteiger partial charge is 0.345 e. The summed E-state index contributed by atoms with van der Waals surface area (Å²) >= 11 is 5.33. The van der Waals surface area contributed by atoms with Crippen molar-refractivity contribution in [3.63, 3.8) is 0 Å². The number of carbonyl (C=O) groups excluding carboxylic acids is 2. The van der Waals surface area contributed by atoms with Gasteiger partial charge in [-0.25, -0.2) is 0 Å². The number of carbonyl (C=O) groups is 2. The minimum absolute atomic E-state index is 0.117. The number of aromatic nitrogens is 3. The summed E-state index contributed by atoms with van der Waals surface area (Å²) in [6, 6.07) is 14.8. The van der Waals surface area contributed by atoms with Crippen LogP contribution < -0.4 is 5.32 Å². The number of anilines is 1. The van der Waals surface area contributed by atoms with Crippen molar-refractivity contribution in [3.8, 4) is 11.4 Å². The lowest BCUT2D eigenvalue weighted by atomic mass is 10.1. The molecule has 0 atom stereocenters. The van der Waals surface area contributed by atoms with Crippen LogP contribution in [0.2, 0.25) is 0 Å². The summed E-state index contributed by atoms with van der Waals surface area (Å²) in [6.45, 7) is 2.40. The smallest absolute Gasteiger partial charge is 0.253 e. The quantitative estimate of drug-likeness (QED) is 0.609. The van der Waals surface area contributed by atoms with Gasteiger partial charge in [0.2, 0.25) is 5.91 Å². The molecule has 150 valence electrons. The number of benzene rings is 2. The van der Waals surface area contributed by atoms with Crippen LogP contribution in [0.4, 0.5) is 5.69 Å². The maximum atomic E-state index is 12.5. The third kappa shape index (κ3) is 4.97. The summed E-state index contributed by atoms with van der Waals surface area (Å²) in [7, 11) is 3.38. The Morgan fingerprint density at radius 3 is 2.66 bits per heavy atom. The van der Waals surface area contributed by atoms with E-state index in [9.17, 15) is 9.59 Å². The summed E-state index contributed by atoms with van der Waals surface area (Å²) < 4.78 is 2.28. The van der Waals surface area contributed by atoms with Crippen LogP contribution in [0.25, 0.3) is 11.4 Å². The lowest BCUT2D eigenvalue weighted by Gasteiger charge is -2.12. The summed E-state index contributed by atoms with van der Waals surface area (Å²) in [5.41, 5.74) is 3.16. The number of amides is 2. The summed E-state index contributed by atoms with van der Waals surface area (Å²) in [6.07, 6.45) is 0.221. The summed E-state index contributed by atoms with van der Waals surface area (Å²) in [5, 5.41) is 9.95. The number of aromatic amines is 1. The highest BCUT2D eigenvalue weighted by Crippen LogP contribution is 2.19. The van der Waals surface area contributed by atoms with Crippen LogP contribution in [0.3, 0.4) is 0 Å². The van der Waals surface area contributed by atoms with Crippen molar-refractivity contribution in [2.75, 3.05) is 19.4 Å². The Labute approximate surface area is 174 Å². The van der Waals surface area contributed by atoms with Crippen LogP contribution >= 0.6 is 12.2 Å². The van der Waals surface area contributed by atoms with E-state index in [1.54, 1.807) is 38.4 Å². The molecule has 7 nitrogen and oxygen atoms in total. The second kappa shape index (κ2) is 8.83. The van der Waals surface area contributed by atoms with Crippen molar-refractivity contribution in [2.24, 2.45) is 0 Å². The molecule has 3 rings (SSSR count). The van der Waals surface area contributed by atoms with E-state index in [-0.39, 0.29) is 18.2 Å². The third-order valence-corrected chi connectivity index (χ3v) is 4.71. The molecule has 0 saturated carbocycles. The predicted octanol–water partition coefficient (Wildman–Crippen LogP) is 3.65. The van der Waals surface area contributed by atoms with Gasteiger partial charge in [-0.1, -0.05) is 29.8 Å². The van der Waals surface area contributed by atoms with Crippen LogP contribution in [0.15, 0.2) is 48.5 Å². The van der Waals surface area contributed by atoms with Crippen molar-refractivity contribution < 1.29 is 9.59 Å². The van der Waals surface area contributed by atoms with Crippen molar-refractivity contribution in [1.82, 2.24) is 19.7 Å². The van der Waals surface area contributed by atoms with Gasteiger partial charge < -0.3 is 10.2 Å². The van der Waals surface area contributed by atoms with Gasteiger partial charge in [0.1, 0.15) is 0 Å². The average Bonchev–Trinajstić information content (AvgIpc) is 3.06. The topological polar surface area (TPSA) is 83.0 Å². The minimum Gasteiger partial charge on any atom is -0.345 e. The molecular weight excluding hydrogens is 386 g/mol. The molecule has 0 aliphatic carbocycles. The van der Waals surface area contributed by atoms with E-state index in [2.05, 4.69) is 15.5 Å². The zero-order chi connectivity index (χ0) is 21.0. The number of aryl methyl sites for hydroxylation is 1. The monoisotopic (exact) mass is 409 g/mol. The zero-order valence-corrected chi connectivity index (χ0v) is 17.4. The normalized spacial score (nSPS) is 10.6. The predicted molar refractivity (Wildman–Crippen MR) is 115 cm³/mol. The number of nitrogens with one attached hydrogen (secondary N) is 2. The van der Waals surface area contributed by atoms with Crippen LogP contribution in [0.1, 0.15) is 22.3 Å². The first-order valence-electron chi connectivity index (χ1n) is 9.19. The molecule has 2 aromatic carbocycles. The Balaban J connectivity index is 1.70. The number of rotatable bonds is 6. The van der Waals surface area contributed by atoms with E-state index in [1.165, 1.54) is 4.90 Å². The van der Waals surface area contributed by atoms with Crippen LogP contribution in [-0.2, 0) is 11.3 Å². The van der Waals surface area contributed by atoms with Gasteiger partial charge in [0, 0.05) is 43.9 Å². The number of hydrogen-bond donors (Lipinski definition) is 2. The minimum atomic E-state index is -0.169. The SMILES string of the molecule is Cc1cccc(-c2n[nH]c(=S)n2CCC(=O)Nc2cccc(C(=O)N(C)C)c2)c1. The zero-order valence-electron chi connectivity index (χ0n) is 16.6. The van der Waals surface area contributed by atoms with Crippen LogP contribution in [-0.4, -0.2) is 45.6 Å². The molecule has 3 aromatic rings. The molecule has 0 bridgehead atoms. The Bertz CT molecular complexity index is 1100. The fourth-order valence-electron chi connectivity index (χ4n) is 2.95. The fraction of sp³-hybridized carbons (Fsp3) is 0.238. The van der Waals surface area contributed by atoms with Gasteiger partial charge in [-0.3, -0.25) is 19.3 Å². The Morgan fingerprint density at radius 2 is 1.93 bits per heavy atom. The molecule has 0 radical (unpaired) electrons. The Kier molecular flexibility index (Phi) is 6.23. The van der Waals surface area contributed by atoms with Gasteiger partial charge in [-0.05, 0) is 43.4 Å². The van der Waals surface area contributed by atoms with E-state index in [1.807, 2.05) is 35.8 Å². The molecule has 2 amide bonds. The van der Waals surface area contributed by atoms with E-state index in [4.69, 9.17) is 12.2 Å². The third-order valence-electron chi connectivity index (χ3n) is 4.40. The molecule has 29 heavy (non-hydrogen) atoms. The van der Waals surface area contributed by atoms with E-state index in [0.717, 1.165) is 11.1 Å². The lowest BCUT2D eigenvalue weighted by Crippen LogP contribution is -2.22. The second-order valence-electron chi connectivity index (χ2n) is 6.95. The van der Waals surface area contributed by atoms with Gasteiger partial charge in [0.15, 0.2) is 10.6 Å². The Hall–Kier alpha value is -3.26. The van der Waals surface area contributed by atoms with Crippen molar-refractivity contribution >= 4 is 29.7 Å². The number of nitrogens with zero attached hydrogens (tertiary/aromatic N) is 3. The van der Waals surface area contributed by atoms with Crippen LogP contribution in [0, 0.1) is 11.7 Å². The molecule has 0 aliphatic heterocycles. The van der Waals surface area contributed by atoms with Gasteiger partial charge in [0.25, 0.3) is 5.91 Å². The summed E-state index contributed by atoms with van der Waals surface area (Å²) in [5.74, 6) is 0.413. The molecule has 1 aromatic heterocycles. The van der Waals surface area contributed by atoms with Gasteiger partial charge in [-0.2, -0.15) is 5.10 Å². The molecule has 0 fully saturated rings. The fourth-order valence-corrected chi connectivity index (χ4v) is 3.18. The first-order chi connectivity index (χ1) is 13.8. The van der Waals surface area contributed by atoms with E-state index >= 15 is 0 Å². The van der Waals surface area contributed by atoms with Gasteiger partial charge in [-0.15, -0.1) is 0 Å². The van der Waals surface area contributed by atoms with E-state index < -0.39 is 0 Å². The molecule has 0 unspecified atom stereocenters. The molecule has 8 heteroatoms. The maximum Gasteiger partial charge on any atom is 0.253 e. The molecule has 2 N–H and O–H groups in total. The summed E-state index contributed by atoms with van der Waals surface area (Å²) in [4.78, 5) is 26.0. The van der Waals surface area contributed by atoms with Crippen LogP contribution in [0.5, 0.6) is 0 Å².